The van der Waals surface area contributed by atoms with Gasteiger partial charge in [-0.15, -0.1) is 0 Å². The summed E-state index contributed by atoms with van der Waals surface area (Å²) in [6, 6.07) is 1.69. The highest BCUT2D eigenvalue weighted by atomic mass is 31.1. The average Bonchev–Trinajstić information content (AvgIpc) is 1.88. The molecular formula is C6H9N2OP. The van der Waals surface area contributed by atoms with Crippen LogP contribution in [0.15, 0.2) is 12.3 Å². The largest absolute Gasteiger partial charge is 0.321 e. The van der Waals surface area contributed by atoms with Crippen LogP contribution in [0.4, 0.5) is 0 Å². The quantitative estimate of drug-likeness (QED) is 0.559. The smallest absolute Gasteiger partial charge is 0.126 e. The van der Waals surface area contributed by atoms with Crippen molar-refractivity contribution in [2.45, 2.75) is 6.92 Å². The highest BCUT2D eigenvalue weighted by Crippen LogP contribution is 2.09. The number of rotatable bonds is 1. The van der Waals surface area contributed by atoms with Gasteiger partial charge in [-0.1, -0.05) is 0 Å². The Bertz CT molecular complexity index is 262. The molecule has 0 N–H and O–H groups in total. The minimum Gasteiger partial charge on any atom is -0.321 e. The minimum absolute atomic E-state index is 0.664. The number of nitrogens with zero attached hydrogens (tertiary/aromatic N) is 2. The topological polar surface area (TPSA) is 42.9 Å². The molecule has 4 heteroatoms. The first-order chi connectivity index (χ1) is 4.70. The first-order valence-electron chi connectivity index (χ1n) is 3.01. The van der Waals surface area contributed by atoms with E-state index in [1.54, 1.807) is 25.9 Å². The van der Waals surface area contributed by atoms with Crippen molar-refractivity contribution in [3.63, 3.8) is 0 Å². The molecule has 0 saturated carbocycles. The molecule has 1 aromatic heterocycles. The van der Waals surface area contributed by atoms with Gasteiger partial charge < -0.3 is 4.57 Å². The Morgan fingerprint density at radius 3 is 2.70 bits per heavy atom. The predicted octanol–water partition coefficient (Wildman–Crippen LogP) is 0.600. The fourth-order valence-corrected chi connectivity index (χ4v) is 1.28. The zero-order valence-electron chi connectivity index (χ0n) is 5.96. The van der Waals surface area contributed by atoms with Gasteiger partial charge in [0.1, 0.15) is 19.1 Å². The van der Waals surface area contributed by atoms with Gasteiger partial charge in [0.25, 0.3) is 0 Å². The molecule has 0 aliphatic rings. The monoisotopic (exact) mass is 156 g/mol. The van der Waals surface area contributed by atoms with Crippen molar-refractivity contribution in [1.82, 2.24) is 9.97 Å². The molecule has 1 atom stereocenters. The summed E-state index contributed by atoms with van der Waals surface area (Å²) >= 11 is 0. The first kappa shape index (κ1) is 7.42. The Kier molecular flexibility index (Phi) is 2.17. The van der Waals surface area contributed by atoms with E-state index in [0.717, 1.165) is 0 Å². The Labute approximate surface area is 60.3 Å². The summed E-state index contributed by atoms with van der Waals surface area (Å²) in [7, 11) is -1.64. The maximum atomic E-state index is 10.9. The molecule has 1 rings (SSSR count). The van der Waals surface area contributed by atoms with Crippen molar-refractivity contribution in [2.24, 2.45) is 0 Å². The van der Waals surface area contributed by atoms with Crippen LogP contribution in [0.3, 0.4) is 0 Å². The van der Waals surface area contributed by atoms with Gasteiger partial charge in [0.15, 0.2) is 0 Å². The molecule has 0 fully saturated rings. The van der Waals surface area contributed by atoms with Crippen LogP contribution in [-0.2, 0) is 4.57 Å². The molecule has 0 radical (unpaired) electrons. The molecule has 10 heavy (non-hydrogen) atoms. The van der Waals surface area contributed by atoms with E-state index in [-0.39, 0.29) is 0 Å². The molecule has 1 aromatic rings. The van der Waals surface area contributed by atoms with Crippen LogP contribution in [0.1, 0.15) is 5.82 Å². The zero-order chi connectivity index (χ0) is 7.56. The Balaban J connectivity index is 3.07. The molecule has 0 spiro atoms. The van der Waals surface area contributed by atoms with Crippen LogP contribution in [0, 0.1) is 6.92 Å². The van der Waals surface area contributed by atoms with Gasteiger partial charge in [-0.05, 0) is 19.7 Å². The van der Waals surface area contributed by atoms with E-state index in [1.165, 1.54) is 0 Å². The summed E-state index contributed by atoms with van der Waals surface area (Å²) in [4.78, 5) is 7.88. The SMILES string of the molecule is Cc1nccc([PH](C)=O)n1. The maximum absolute atomic E-state index is 10.9. The van der Waals surface area contributed by atoms with Gasteiger partial charge in [0.2, 0.25) is 0 Å². The third kappa shape index (κ3) is 1.64. The lowest BCUT2D eigenvalue weighted by molar-refractivity contribution is 0.595. The van der Waals surface area contributed by atoms with Crippen molar-refractivity contribution < 1.29 is 4.57 Å². The van der Waals surface area contributed by atoms with Gasteiger partial charge in [0.05, 0.1) is 0 Å². The lowest BCUT2D eigenvalue weighted by Gasteiger charge is -1.94. The van der Waals surface area contributed by atoms with Crippen molar-refractivity contribution in [3.8, 4) is 0 Å². The van der Waals surface area contributed by atoms with Crippen molar-refractivity contribution in [3.05, 3.63) is 18.1 Å². The van der Waals surface area contributed by atoms with E-state index in [9.17, 15) is 4.57 Å². The lowest BCUT2D eigenvalue weighted by atomic mass is 10.6. The van der Waals surface area contributed by atoms with E-state index in [0.29, 0.717) is 11.3 Å². The number of aryl methyl sites for hydroxylation is 1. The molecule has 0 aromatic carbocycles. The molecular weight excluding hydrogens is 147 g/mol. The summed E-state index contributed by atoms with van der Waals surface area (Å²) in [5.74, 6) is 0.678. The van der Waals surface area contributed by atoms with E-state index < -0.39 is 7.80 Å². The van der Waals surface area contributed by atoms with Crippen LogP contribution in [0.25, 0.3) is 0 Å². The van der Waals surface area contributed by atoms with Crippen LogP contribution in [-0.4, -0.2) is 16.6 Å². The summed E-state index contributed by atoms with van der Waals surface area (Å²) in [6.45, 7) is 3.46. The number of aromatic nitrogens is 2. The average molecular weight is 156 g/mol. The van der Waals surface area contributed by atoms with Gasteiger partial charge in [-0.25, -0.2) is 9.97 Å². The molecule has 54 valence electrons. The Morgan fingerprint density at radius 2 is 2.30 bits per heavy atom. The third-order valence-corrected chi connectivity index (χ3v) is 2.14. The maximum Gasteiger partial charge on any atom is 0.126 e. The molecule has 0 saturated heterocycles. The molecule has 0 aliphatic carbocycles. The zero-order valence-corrected chi connectivity index (χ0v) is 6.96. The molecule has 0 bridgehead atoms. The number of hydrogen-bond donors (Lipinski definition) is 0. The third-order valence-electron chi connectivity index (χ3n) is 1.14. The van der Waals surface area contributed by atoms with Crippen molar-refractivity contribution in [1.29, 1.82) is 0 Å². The summed E-state index contributed by atoms with van der Waals surface area (Å²) < 4.78 is 10.9. The van der Waals surface area contributed by atoms with E-state index >= 15 is 0 Å². The molecule has 3 nitrogen and oxygen atoms in total. The molecule has 0 amide bonds. The Morgan fingerprint density at radius 1 is 1.60 bits per heavy atom. The normalized spacial score (nSPS) is 13.0. The van der Waals surface area contributed by atoms with Crippen LogP contribution in [0.5, 0.6) is 0 Å². The Hall–Kier alpha value is -0.690. The van der Waals surface area contributed by atoms with Crippen LogP contribution in [0.2, 0.25) is 0 Å². The number of hydrogen-bond acceptors (Lipinski definition) is 3. The standard InChI is InChI=1S/C6H9N2OP/c1-5-7-4-3-6(8-5)10(2)9/h3-4,10H,1-2H3. The first-order valence-corrected chi connectivity index (χ1v) is 4.91. The summed E-state index contributed by atoms with van der Waals surface area (Å²) in [5.41, 5.74) is 0.664. The van der Waals surface area contributed by atoms with E-state index in [2.05, 4.69) is 9.97 Å². The fraction of sp³-hybridized carbons (Fsp3) is 0.333. The minimum atomic E-state index is -1.64. The van der Waals surface area contributed by atoms with Crippen LogP contribution < -0.4 is 5.44 Å². The van der Waals surface area contributed by atoms with E-state index in [4.69, 9.17) is 0 Å². The van der Waals surface area contributed by atoms with Gasteiger partial charge in [-0.2, -0.15) is 0 Å². The second kappa shape index (κ2) is 2.93. The van der Waals surface area contributed by atoms with Gasteiger partial charge >= 0.3 is 0 Å². The molecule has 0 aliphatic heterocycles. The summed E-state index contributed by atoms with van der Waals surface area (Å²) in [6.07, 6.45) is 1.63. The van der Waals surface area contributed by atoms with Gasteiger partial charge in [0, 0.05) is 6.20 Å². The predicted molar refractivity (Wildman–Crippen MR) is 41.3 cm³/mol. The van der Waals surface area contributed by atoms with Gasteiger partial charge in [-0.3, -0.25) is 0 Å². The lowest BCUT2D eigenvalue weighted by Crippen LogP contribution is -2.04. The second-order valence-electron chi connectivity index (χ2n) is 2.05. The van der Waals surface area contributed by atoms with Crippen molar-refractivity contribution in [2.75, 3.05) is 6.66 Å². The highest BCUT2D eigenvalue weighted by molar-refractivity contribution is 7.52. The van der Waals surface area contributed by atoms with Crippen molar-refractivity contribution >= 4 is 13.2 Å². The molecule has 1 heterocycles. The van der Waals surface area contributed by atoms with Crippen LogP contribution >= 0.6 is 7.80 Å². The highest BCUT2D eigenvalue weighted by Gasteiger charge is 1.96. The molecule has 1 unspecified atom stereocenters. The van der Waals surface area contributed by atoms with E-state index in [1.807, 2.05) is 0 Å². The summed E-state index contributed by atoms with van der Waals surface area (Å²) in [5, 5.41) is 0. The fourth-order valence-electron chi connectivity index (χ4n) is 0.652. The second-order valence-corrected chi connectivity index (χ2v) is 3.67.